The molecule has 0 bridgehead atoms. The summed E-state index contributed by atoms with van der Waals surface area (Å²) < 4.78 is 0. The van der Waals surface area contributed by atoms with Gasteiger partial charge in [0.05, 0.1) is 18.4 Å². The van der Waals surface area contributed by atoms with Crippen LogP contribution in [0.4, 0.5) is 5.69 Å². The maximum absolute atomic E-state index is 12.9. The summed E-state index contributed by atoms with van der Waals surface area (Å²) in [6.45, 7) is 7.51. The average Bonchev–Trinajstić information content (AvgIpc) is 3.21. The van der Waals surface area contributed by atoms with Crippen molar-refractivity contribution in [3.8, 4) is 0 Å². The molecular weight excluding hydrogens is 410 g/mol. The maximum Gasteiger partial charge on any atom is 0.267 e. The van der Waals surface area contributed by atoms with Crippen LogP contribution < -0.4 is 16.5 Å². The zero-order valence-corrected chi connectivity index (χ0v) is 18.8. The van der Waals surface area contributed by atoms with Gasteiger partial charge >= 0.3 is 0 Å². The number of nitrogens with two attached hydrogens (primary N) is 1. The number of nitrogens with one attached hydrogen (secondary N) is 3. The zero-order valence-electron chi connectivity index (χ0n) is 18.8. The Morgan fingerprint density at radius 2 is 2.09 bits per heavy atom. The van der Waals surface area contributed by atoms with Gasteiger partial charge in [0.25, 0.3) is 11.8 Å². The van der Waals surface area contributed by atoms with Crippen LogP contribution >= 0.6 is 0 Å². The Balaban J connectivity index is 1.63. The molecule has 0 spiro atoms. The number of carbonyl (C=O) groups is 3. The molecule has 3 amide bonds. The van der Waals surface area contributed by atoms with Crippen LogP contribution in [-0.4, -0.2) is 64.0 Å². The number of hydrogen-bond donors (Lipinski definition) is 4. The molecule has 0 aliphatic carbocycles. The van der Waals surface area contributed by atoms with Crippen LogP contribution in [0.15, 0.2) is 24.5 Å². The summed E-state index contributed by atoms with van der Waals surface area (Å²) in [5.74, 6) is -1.39. The van der Waals surface area contributed by atoms with Gasteiger partial charge in [-0.3, -0.25) is 30.2 Å². The van der Waals surface area contributed by atoms with E-state index in [4.69, 9.17) is 11.1 Å². The molecule has 5 N–H and O–H groups in total. The van der Waals surface area contributed by atoms with Crippen molar-refractivity contribution in [3.05, 3.63) is 35.8 Å². The van der Waals surface area contributed by atoms with Crippen LogP contribution in [0.3, 0.4) is 0 Å². The number of aromatic nitrogens is 1. The third-order valence-corrected chi connectivity index (χ3v) is 5.71. The number of amides is 3. The fourth-order valence-corrected chi connectivity index (χ4v) is 4.06. The molecule has 32 heavy (non-hydrogen) atoms. The number of piperidine rings is 1. The summed E-state index contributed by atoms with van der Waals surface area (Å²) in [5, 5.41) is 12.8. The first-order chi connectivity index (χ1) is 15.1. The molecule has 1 aromatic rings. The van der Waals surface area contributed by atoms with Crippen molar-refractivity contribution >= 4 is 29.1 Å². The molecule has 1 aromatic heterocycles. The van der Waals surface area contributed by atoms with Crippen molar-refractivity contribution in [3.63, 3.8) is 0 Å². The number of carbonyl (C=O) groups excluding carboxylic acids is 3. The number of rotatable bonds is 7. The third kappa shape index (κ3) is 5.50. The van der Waals surface area contributed by atoms with Crippen molar-refractivity contribution < 1.29 is 14.4 Å². The van der Waals surface area contributed by atoms with Crippen molar-refractivity contribution in [1.82, 2.24) is 20.3 Å². The van der Waals surface area contributed by atoms with E-state index in [-0.39, 0.29) is 35.0 Å². The van der Waals surface area contributed by atoms with E-state index in [9.17, 15) is 14.4 Å². The Hall–Kier alpha value is -3.27. The van der Waals surface area contributed by atoms with E-state index in [2.05, 4.69) is 29.6 Å². The SMILES string of the molecule is Cc1cc(C(=N)C(N)=O)c(NCC(=O)N2C=CC[C@H]2C(=O)NN2CCCC(C)(C)C2)cn1. The number of hydrazine groups is 1. The molecule has 3 heterocycles. The third-order valence-electron chi connectivity index (χ3n) is 5.71. The standard InChI is InChI=1S/C22H31N7O3/c1-14-10-15(19(23)20(24)31)16(11-25-14)26-12-18(30)29-9-4-6-17(29)21(32)27-28-8-5-7-22(2,3)13-28/h4,9-11,17,23,26H,5-8,12-13H2,1-3H3,(H2,24,31)(H,27,32)/t17-/m0/s1. The lowest BCUT2D eigenvalue weighted by Gasteiger charge is -2.38. The second kappa shape index (κ2) is 9.47. The molecule has 3 rings (SSSR count). The number of pyridine rings is 1. The minimum absolute atomic E-state index is 0.130. The lowest BCUT2D eigenvalue weighted by Crippen LogP contribution is -2.55. The fraction of sp³-hybridized carbons (Fsp3) is 0.500. The van der Waals surface area contributed by atoms with Crippen molar-refractivity contribution in [2.45, 2.75) is 46.1 Å². The minimum Gasteiger partial charge on any atom is -0.374 e. The average molecular weight is 442 g/mol. The Labute approximate surface area is 187 Å². The Kier molecular flexibility index (Phi) is 6.93. The zero-order chi connectivity index (χ0) is 23.5. The largest absolute Gasteiger partial charge is 0.374 e. The van der Waals surface area contributed by atoms with E-state index in [1.807, 2.05) is 5.01 Å². The number of anilines is 1. The van der Waals surface area contributed by atoms with E-state index in [1.165, 1.54) is 11.1 Å². The number of hydrogen-bond acceptors (Lipinski definition) is 7. The van der Waals surface area contributed by atoms with Gasteiger partial charge in [-0.25, -0.2) is 5.01 Å². The van der Waals surface area contributed by atoms with Gasteiger partial charge in [0.1, 0.15) is 11.8 Å². The molecule has 0 aromatic carbocycles. The summed E-state index contributed by atoms with van der Waals surface area (Å²) in [4.78, 5) is 42.8. The summed E-state index contributed by atoms with van der Waals surface area (Å²) in [6.07, 6.45) is 7.44. The van der Waals surface area contributed by atoms with Crippen LogP contribution in [0.25, 0.3) is 0 Å². The summed E-state index contributed by atoms with van der Waals surface area (Å²) in [5.41, 5.74) is 9.22. The van der Waals surface area contributed by atoms with Gasteiger partial charge in [-0.2, -0.15) is 0 Å². The van der Waals surface area contributed by atoms with Crippen LogP contribution in [-0.2, 0) is 14.4 Å². The van der Waals surface area contributed by atoms with Crippen LogP contribution in [0.1, 0.15) is 44.4 Å². The van der Waals surface area contributed by atoms with Gasteiger partial charge in [0.2, 0.25) is 5.91 Å². The molecule has 1 fully saturated rings. The molecular formula is C22H31N7O3. The highest BCUT2D eigenvalue weighted by Crippen LogP contribution is 2.27. The summed E-state index contributed by atoms with van der Waals surface area (Å²) in [7, 11) is 0. The van der Waals surface area contributed by atoms with Gasteiger partial charge in [0, 0.05) is 30.5 Å². The Morgan fingerprint density at radius 1 is 1.34 bits per heavy atom. The predicted octanol–water partition coefficient (Wildman–Crippen LogP) is 0.923. The highest BCUT2D eigenvalue weighted by molar-refractivity contribution is 6.44. The van der Waals surface area contributed by atoms with Crippen molar-refractivity contribution in [2.24, 2.45) is 11.1 Å². The lowest BCUT2D eigenvalue weighted by atomic mass is 9.85. The Bertz CT molecular complexity index is 957. The number of primary amides is 1. The highest BCUT2D eigenvalue weighted by Gasteiger charge is 2.34. The molecule has 2 aliphatic heterocycles. The van der Waals surface area contributed by atoms with Crippen LogP contribution in [0.5, 0.6) is 0 Å². The van der Waals surface area contributed by atoms with E-state index in [0.717, 1.165) is 25.9 Å². The molecule has 1 atom stereocenters. The molecule has 10 heteroatoms. The summed E-state index contributed by atoms with van der Waals surface area (Å²) in [6, 6.07) is 0.945. The highest BCUT2D eigenvalue weighted by atomic mass is 16.2. The first kappa shape index (κ1) is 23.4. The second-order valence-corrected chi connectivity index (χ2v) is 9.07. The summed E-state index contributed by atoms with van der Waals surface area (Å²) >= 11 is 0. The van der Waals surface area contributed by atoms with Crippen molar-refractivity contribution in [1.29, 1.82) is 5.41 Å². The normalized spacial score (nSPS) is 20.1. The van der Waals surface area contributed by atoms with Gasteiger partial charge < -0.3 is 16.0 Å². The molecule has 0 saturated carbocycles. The minimum atomic E-state index is -0.870. The molecule has 10 nitrogen and oxygen atoms in total. The smallest absolute Gasteiger partial charge is 0.267 e. The van der Waals surface area contributed by atoms with Crippen LogP contribution in [0.2, 0.25) is 0 Å². The van der Waals surface area contributed by atoms with E-state index in [1.54, 1.807) is 25.3 Å². The van der Waals surface area contributed by atoms with Gasteiger partial charge in [0.15, 0.2) is 0 Å². The van der Waals surface area contributed by atoms with Crippen molar-refractivity contribution in [2.75, 3.05) is 25.0 Å². The molecule has 2 aliphatic rings. The van der Waals surface area contributed by atoms with E-state index in [0.29, 0.717) is 17.8 Å². The van der Waals surface area contributed by atoms with E-state index >= 15 is 0 Å². The predicted molar refractivity (Wildman–Crippen MR) is 121 cm³/mol. The van der Waals surface area contributed by atoms with Crippen LogP contribution in [0, 0.1) is 17.7 Å². The van der Waals surface area contributed by atoms with Gasteiger partial charge in [-0.1, -0.05) is 19.9 Å². The van der Waals surface area contributed by atoms with Gasteiger partial charge in [-0.05, 0) is 37.7 Å². The topological polar surface area (TPSA) is 145 Å². The first-order valence-electron chi connectivity index (χ1n) is 10.7. The number of aryl methyl sites for hydroxylation is 1. The first-order valence-corrected chi connectivity index (χ1v) is 10.7. The molecule has 172 valence electrons. The van der Waals surface area contributed by atoms with Gasteiger partial charge in [-0.15, -0.1) is 0 Å². The Morgan fingerprint density at radius 3 is 2.78 bits per heavy atom. The molecule has 0 unspecified atom stereocenters. The number of nitrogens with zero attached hydrogens (tertiary/aromatic N) is 3. The monoisotopic (exact) mass is 441 g/mol. The molecule has 0 radical (unpaired) electrons. The quantitative estimate of drug-likeness (QED) is 0.463. The molecule has 1 saturated heterocycles. The lowest BCUT2D eigenvalue weighted by molar-refractivity contribution is -0.139. The van der Waals surface area contributed by atoms with E-state index < -0.39 is 11.9 Å². The maximum atomic E-state index is 12.9. The second-order valence-electron chi connectivity index (χ2n) is 9.07. The fourth-order valence-electron chi connectivity index (χ4n) is 4.06.